The van der Waals surface area contributed by atoms with E-state index in [0.29, 0.717) is 30.9 Å². The number of aryl methyl sites for hydroxylation is 4. The maximum atomic E-state index is 14.2. The van der Waals surface area contributed by atoms with Gasteiger partial charge in [0, 0.05) is 35.9 Å². The van der Waals surface area contributed by atoms with Crippen molar-refractivity contribution in [3.05, 3.63) is 143 Å². The largest absolute Gasteiger partial charge is 0.272 e. The fourth-order valence-electron chi connectivity index (χ4n) is 4.84. The Balaban J connectivity index is 1.68. The van der Waals surface area contributed by atoms with Crippen molar-refractivity contribution < 1.29 is 26.4 Å². The van der Waals surface area contributed by atoms with Crippen molar-refractivity contribution in [3.63, 3.8) is 0 Å². The van der Waals surface area contributed by atoms with Gasteiger partial charge in [-0.15, -0.1) is 0 Å². The lowest BCUT2D eigenvalue weighted by atomic mass is 10.2. The first kappa shape index (κ1) is 32.2. The van der Waals surface area contributed by atoms with Crippen LogP contribution in [-0.4, -0.2) is 38.6 Å². The van der Waals surface area contributed by atoms with E-state index in [2.05, 4.69) is 9.97 Å². The van der Waals surface area contributed by atoms with E-state index in [1.165, 1.54) is 85.5 Å². The summed E-state index contributed by atoms with van der Waals surface area (Å²) in [5.74, 6) is -1.69. The summed E-state index contributed by atoms with van der Waals surface area (Å²) in [6.07, 6.45) is 5.50. The van der Waals surface area contributed by atoms with Crippen LogP contribution in [0.5, 0.6) is 0 Å². The minimum absolute atomic E-state index is 0.0630. The Hall–Kier alpha value is -5.20. The molecule has 0 fully saturated rings. The van der Waals surface area contributed by atoms with Crippen LogP contribution in [0.1, 0.15) is 43.0 Å². The highest BCUT2D eigenvalue weighted by molar-refractivity contribution is 7.94. The van der Waals surface area contributed by atoms with Crippen LogP contribution in [-0.2, 0) is 20.0 Å². The smallest absolute Gasteiger partial charge is 0.268 e. The number of amides is 2. The number of hydrogen-bond donors (Lipinski definition) is 0. The molecule has 0 spiro atoms. The Kier molecular flexibility index (Phi) is 8.86. The van der Waals surface area contributed by atoms with Crippen LogP contribution < -0.4 is 8.61 Å². The molecule has 10 nitrogen and oxygen atoms in total. The maximum Gasteiger partial charge on any atom is 0.272 e. The van der Waals surface area contributed by atoms with Gasteiger partial charge in [0.05, 0.1) is 21.2 Å². The number of pyridine rings is 2. The van der Waals surface area contributed by atoms with Crippen molar-refractivity contribution in [1.29, 1.82) is 0 Å². The Labute approximate surface area is 268 Å². The highest BCUT2D eigenvalue weighted by Gasteiger charge is 2.36. The van der Waals surface area contributed by atoms with E-state index in [-0.39, 0.29) is 32.3 Å². The summed E-state index contributed by atoms with van der Waals surface area (Å²) < 4.78 is 58.0. The first-order valence-electron chi connectivity index (χ1n) is 14.1. The molecular formula is C34H30N4O6S2. The molecule has 2 heterocycles. The number of benzene rings is 3. The second kappa shape index (κ2) is 12.7. The van der Waals surface area contributed by atoms with Gasteiger partial charge in [-0.2, -0.15) is 8.61 Å². The van der Waals surface area contributed by atoms with Gasteiger partial charge < -0.3 is 0 Å². The zero-order valence-electron chi connectivity index (χ0n) is 25.4. The highest BCUT2D eigenvalue weighted by Crippen LogP contribution is 2.33. The summed E-state index contributed by atoms with van der Waals surface area (Å²) >= 11 is 0. The van der Waals surface area contributed by atoms with Crippen LogP contribution in [0, 0.1) is 27.7 Å². The van der Waals surface area contributed by atoms with E-state index >= 15 is 0 Å². The zero-order chi connectivity index (χ0) is 33.2. The minimum Gasteiger partial charge on any atom is -0.268 e. The monoisotopic (exact) mass is 654 g/mol. The molecule has 0 aliphatic rings. The third-order valence-electron chi connectivity index (χ3n) is 7.27. The standard InChI is InChI=1S/C34H30N4O6S2/c1-23-5-7-25(3)31(21-23)45(41,42)37(33(39)27-13-17-35-18-14-27)29-9-11-30(12-10-29)38(34(40)28-15-19-36-20-16-28)46(43,44)32-22-24(2)6-8-26(32)4/h5-22H,1-4H3. The number of carbonyl (C=O) groups excluding carboxylic acids is 2. The molecule has 2 amide bonds. The van der Waals surface area contributed by atoms with Crippen LogP contribution >= 0.6 is 0 Å². The van der Waals surface area contributed by atoms with Crippen molar-refractivity contribution in [2.75, 3.05) is 8.61 Å². The predicted molar refractivity (Wildman–Crippen MR) is 175 cm³/mol. The number of sulfonamides is 2. The van der Waals surface area contributed by atoms with Gasteiger partial charge >= 0.3 is 0 Å². The van der Waals surface area contributed by atoms with Crippen LogP contribution in [0.3, 0.4) is 0 Å². The summed E-state index contributed by atoms with van der Waals surface area (Å²) in [7, 11) is -8.94. The average molecular weight is 655 g/mol. The van der Waals surface area contributed by atoms with Crippen LogP contribution in [0.4, 0.5) is 11.4 Å². The molecule has 0 saturated heterocycles. The predicted octanol–water partition coefficient (Wildman–Crippen LogP) is 5.78. The Bertz CT molecular complexity index is 2000. The van der Waals surface area contributed by atoms with Crippen molar-refractivity contribution >= 4 is 43.2 Å². The van der Waals surface area contributed by atoms with Crippen LogP contribution in [0.2, 0.25) is 0 Å². The third-order valence-corrected chi connectivity index (χ3v) is 11.0. The molecule has 0 aliphatic heterocycles. The minimum atomic E-state index is -4.47. The number of anilines is 2. The van der Waals surface area contributed by atoms with Crippen molar-refractivity contribution in [3.8, 4) is 0 Å². The summed E-state index contributed by atoms with van der Waals surface area (Å²) in [4.78, 5) is 35.4. The first-order valence-corrected chi connectivity index (χ1v) is 16.9. The van der Waals surface area contributed by atoms with E-state index in [4.69, 9.17) is 0 Å². The molecule has 0 N–H and O–H groups in total. The Morgan fingerprint density at radius 3 is 1.15 bits per heavy atom. The van der Waals surface area contributed by atoms with Crippen molar-refractivity contribution in [1.82, 2.24) is 9.97 Å². The van der Waals surface area contributed by atoms with Gasteiger partial charge in [-0.1, -0.05) is 24.3 Å². The fourth-order valence-corrected chi connectivity index (χ4v) is 8.30. The third kappa shape index (κ3) is 6.17. The molecule has 5 aromatic rings. The van der Waals surface area contributed by atoms with E-state index in [0.717, 1.165) is 0 Å². The Morgan fingerprint density at radius 1 is 0.500 bits per heavy atom. The van der Waals surface area contributed by atoms with Gasteiger partial charge in [0.15, 0.2) is 0 Å². The van der Waals surface area contributed by atoms with Crippen molar-refractivity contribution in [2.24, 2.45) is 0 Å². The molecular weight excluding hydrogens is 625 g/mol. The SMILES string of the molecule is Cc1ccc(C)c(S(=O)(=O)N(C(=O)c2ccncc2)c2ccc(N(C(=O)c3ccncc3)S(=O)(=O)c3cc(C)ccc3C)cc2)c1. The lowest BCUT2D eigenvalue weighted by Gasteiger charge is -2.26. The van der Waals surface area contributed by atoms with E-state index in [9.17, 15) is 26.4 Å². The molecule has 3 aromatic carbocycles. The number of hydrogen-bond acceptors (Lipinski definition) is 8. The second-order valence-electron chi connectivity index (χ2n) is 10.7. The quantitative estimate of drug-likeness (QED) is 0.206. The number of rotatable bonds is 8. The summed E-state index contributed by atoms with van der Waals surface area (Å²) in [5.41, 5.74) is 2.24. The fraction of sp³-hybridized carbons (Fsp3) is 0.118. The lowest BCUT2D eigenvalue weighted by molar-refractivity contribution is 0.0996. The number of carbonyl (C=O) groups is 2. The number of nitrogens with zero attached hydrogens (tertiary/aromatic N) is 4. The highest BCUT2D eigenvalue weighted by atomic mass is 32.2. The molecule has 5 rings (SSSR count). The molecule has 0 radical (unpaired) electrons. The summed E-state index contributed by atoms with van der Waals surface area (Å²) in [6.45, 7) is 6.75. The molecule has 0 unspecified atom stereocenters. The van der Waals surface area contributed by atoms with Gasteiger partial charge in [0.1, 0.15) is 0 Å². The van der Waals surface area contributed by atoms with E-state index in [1.807, 2.05) is 0 Å². The van der Waals surface area contributed by atoms with Gasteiger partial charge in [-0.05, 0) is 111 Å². The van der Waals surface area contributed by atoms with Gasteiger partial charge in [0.25, 0.3) is 31.9 Å². The summed E-state index contributed by atoms with van der Waals surface area (Å²) in [5, 5.41) is 0. The number of aromatic nitrogens is 2. The van der Waals surface area contributed by atoms with Crippen LogP contribution in [0.25, 0.3) is 0 Å². The zero-order valence-corrected chi connectivity index (χ0v) is 27.1. The Morgan fingerprint density at radius 2 is 0.826 bits per heavy atom. The second-order valence-corrected chi connectivity index (χ2v) is 14.2. The average Bonchev–Trinajstić information content (AvgIpc) is 3.04. The van der Waals surface area contributed by atoms with Gasteiger partial charge in [-0.3, -0.25) is 19.6 Å². The normalized spacial score (nSPS) is 11.6. The molecule has 2 aromatic heterocycles. The molecule has 12 heteroatoms. The molecule has 0 aliphatic carbocycles. The van der Waals surface area contributed by atoms with Crippen LogP contribution in [0.15, 0.2) is 120 Å². The molecule has 234 valence electrons. The first-order chi connectivity index (χ1) is 21.8. The molecule has 0 atom stereocenters. The topological polar surface area (TPSA) is 135 Å². The maximum absolute atomic E-state index is 14.2. The van der Waals surface area contributed by atoms with Gasteiger partial charge in [0.2, 0.25) is 0 Å². The lowest BCUT2D eigenvalue weighted by Crippen LogP contribution is -2.38. The summed E-state index contributed by atoms with van der Waals surface area (Å²) in [6, 6.07) is 20.6. The van der Waals surface area contributed by atoms with Crippen molar-refractivity contribution in [2.45, 2.75) is 37.5 Å². The van der Waals surface area contributed by atoms with E-state index in [1.54, 1.807) is 52.0 Å². The molecule has 0 bridgehead atoms. The van der Waals surface area contributed by atoms with E-state index < -0.39 is 31.9 Å². The van der Waals surface area contributed by atoms with Gasteiger partial charge in [-0.25, -0.2) is 16.8 Å². The molecule has 46 heavy (non-hydrogen) atoms. The molecule has 0 saturated carbocycles.